The molecule has 0 atom stereocenters. The zero-order valence-corrected chi connectivity index (χ0v) is 58.1. The predicted octanol–water partition coefficient (Wildman–Crippen LogP) is 17.4. The number of carbonyl (C=O) groups is 3. The average molecular weight is 1210 g/mol. The molecule has 0 radical (unpaired) electrons. The number of carbonyl (C=O) groups excluding carboxylic acids is 3. The average Bonchev–Trinajstić information content (AvgIpc) is 0.739. The third-order valence-electron chi connectivity index (χ3n) is 19.9. The molecule has 0 unspecified atom stereocenters. The standard InChI is InChI=1S/C33H45B.C30H24O3.C21H21OP/c1-16-19(4)25(10)31(26(11)20(16)5)34(32-27(12)21(6)17(2)22(7)28(32)13)33-29(14)23(8)18(3)24(9)30(33)15;1-19-4-10-22(11-5-19)28(31)25-16-26(29(32)23-12-6-20(2)7-13-23)18-27(17-25)30(33)24-14-8-21(3)9-15-24;1-16-4-10-19(11-5-16)23(22,20-12-6-17(2)7-13-20)21-14-8-18(3)9-15-21/h1-15H3;4-18H,1-3H3;4-15H,1-3H3. The van der Waals surface area contributed by atoms with E-state index < -0.39 is 7.14 Å². The number of hydrogen-bond donors (Lipinski definition) is 0. The summed E-state index contributed by atoms with van der Waals surface area (Å²) in [6, 6.07) is 50.7. The molecule has 0 amide bonds. The molecule has 10 aromatic carbocycles. The lowest BCUT2D eigenvalue weighted by molar-refractivity contribution is 0.103. The van der Waals surface area contributed by atoms with E-state index in [0.717, 1.165) is 32.6 Å². The zero-order chi connectivity index (χ0) is 66.0. The van der Waals surface area contributed by atoms with Crippen LogP contribution in [0, 0.1) is 145 Å². The molecule has 0 fully saturated rings. The van der Waals surface area contributed by atoms with Gasteiger partial charge in [0.25, 0.3) is 0 Å². The molecule has 0 saturated carbocycles. The molecule has 0 bridgehead atoms. The van der Waals surface area contributed by atoms with Crippen molar-refractivity contribution in [2.75, 3.05) is 0 Å². The highest BCUT2D eigenvalue weighted by Crippen LogP contribution is 2.42. The van der Waals surface area contributed by atoms with Crippen molar-refractivity contribution in [3.8, 4) is 0 Å². The second-order valence-corrected chi connectivity index (χ2v) is 28.3. The maximum absolute atomic E-state index is 14.2. The third-order valence-corrected chi connectivity index (χ3v) is 23.0. The molecular weight excluding hydrogens is 1110 g/mol. The summed E-state index contributed by atoms with van der Waals surface area (Å²) in [5.74, 6) is -0.690. The first kappa shape index (κ1) is 67.4. The van der Waals surface area contributed by atoms with Gasteiger partial charge in [-0.05, 0) is 214 Å². The summed E-state index contributed by atoms with van der Waals surface area (Å²) in [6.45, 7) is 47.1. The van der Waals surface area contributed by atoms with Crippen molar-refractivity contribution in [1.29, 1.82) is 0 Å². The Morgan fingerprint density at radius 1 is 0.222 bits per heavy atom. The fourth-order valence-electron chi connectivity index (χ4n) is 12.7. The van der Waals surface area contributed by atoms with Gasteiger partial charge in [-0.2, -0.15) is 0 Å². The molecule has 6 heteroatoms. The van der Waals surface area contributed by atoms with Gasteiger partial charge < -0.3 is 4.57 Å². The first-order chi connectivity index (χ1) is 42.5. The minimum absolute atomic E-state index is 0.230. The molecule has 0 spiro atoms. The lowest BCUT2D eigenvalue weighted by Crippen LogP contribution is -2.58. The van der Waals surface area contributed by atoms with Crippen molar-refractivity contribution < 1.29 is 18.9 Å². The van der Waals surface area contributed by atoms with E-state index in [1.807, 2.05) is 151 Å². The summed E-state index contributed by atoms with van der Waals surface area (Å²) in [5.41, 5.74) is 35.3. The number of aryl methyl sites for hydroxylation is 6. The Morgan fingerprint density at radius 3 is 0.556 bits per heavy atom. The predicted molar refractivity (Wildman–Crippen MR) is 385 cm³/mol. The van der Waals surface area contributed by atoms with Crippen molar-refractivity contribution in [3.05, 3.63) is 314 Å². The number of rotatable bonds is 12. The summed E-state index contributed by atoms with van der Waals surface area (Å²) in [6.07, 6.45) is 0. The van der Waals surface area contributed by atoms with Gasteiger partial charge in [0.2, 0.25) is 6.71 Å². The van der Waals surface area contributed by atoms with Crippen molar-refractivity contribution in [2.24, 2.45) is 0 Å². The molecule has 0 saturated heterocycles. The summed E-state index contributed by atoms with van der Waals surface area (Å²) in [4.78, 5) is 39.7. The zero-order valence-electron chi connectivity index (χ0n) is 57.2. The van der Waals surface area contributed by atoms with E-state index in [-0.39, 0.29) is 24.1 Å². The second kappa shape index (κ2) is 27.7. The molecule has 4 nitrogen and oxygen atoms in total. The van der Waals surface area contributed by atoms with Gasteiger partial charge in [0.05, 0.1) is 0 Å². The molecule has 458 valence electrons. The van der Waals surface area contributed by atoms with Crippen LogP contribution in [0.4, 0.5) is 0 Å². The van der Waals surface area contributed by atoms with Crippen molar-refractivity contribution in [2.45, 2.75) is 145 Å². The van der Waals surface area contributed by atoms with Crippen LogP contribution < -0.4 is 32.3 Å². The van der Waals surface area contributed by atoms with Crippen LogP contribution in [0.3, 0.4) is 0 Å². The lowest BCUT2D eigenvalue weighted by Gasteiger charge is -2.32. The molecule has 10 rings (SSSR count). The van der Waals surface area contributed by atoms with Gasteiger partial charge in [0.1, 0.15) is 0 Å². The Hall–Kier alpha value is -8.50. The summed E-state index contributed by atoms with van der Waals surface area (Å²) in [7, 11) is -2.84. The smallest absolute Gasteiger partial charge is 0.243 e. The maximum atomic E-state index is 14.2. The summed E-state index contributed by atoms with van der Waals surface area (Å²) in [5, 5.41) is 2.66. The summed E-state index contributed by atoms with van der Waals surface area (Å²) < 4.78 is 14.2. The maximum Gasteiger partial charge on any atom is 0.243 e. The van der Waals surface area contributed by atoms with Crippen LogP contribution in [0.25, 0.3) is 0 Å². The minimum Gasteiger partial charge on any atom is -0.309 e. The Morgan fingerprint density at radius 2 is 0.378 bits per heavy atom. The van der Waals surface area contributed by atoms with E-state index >= 15 is 0 Å². The fourth-order valence-corrected chi connectivity index (χ4v) is 15.3. The second-order valence-electron chi connectivity index (χ2n) is 25.5. The van der Waals surface area contributed by atoms with Crippen LogP contribution in [0.1, 0.15) is 165 Å². The first-order valence-electron chi connectivity index (χ1n) is 31.5. The van der Waals surface area contributed by atoms with Gasteiger partial charge in [-0.15, -0.1) is 0 Å². The normalized spacial score (nSPS) is 11.1. The van der Waals surface area contributed by atoms with Crippen LogP contribution >= 0.6 is 7.14 Å². The van der Waals surface area contributed by atoms with E-state index in [1.54, 1.807) is 54.6 Å². The van der Waals surface area contributed by atoms with Crippen LogP contribution in [0.15, 0.2) is 164 Å². The fraction of sp³-hybridized carbons (Fsp3) is 0.250. The summed E-state index contributed by atoms with van der Waals surface area (Å²) >= 11 is 0. The Labute approximate surface area is 538 Å². The molecular formula is C84H90BO4P. The van der Waals surface area contributed by atoms with E-state index in [2.05, 4.69) is 104 Å². The van der Waals surface area contributed by atoms with Gasteiger partial charge in [-0.25, -0.2) is 0 Å². The van der Waals surface area contributed by atoms with Gasteiger partial charge in [-0.3, -0.25) is 14.4 Å². The van der Waals surface area contributed by atoms with Gasteiger partial charge in [0.15, 0.2) is 24.5 Å². The molecule has 0 aromatic heterocycles. The monoisotopic (exact) mass is 1200 g/mol. The topological polar surface area (TPSA) is 68.3 Å². The quantitative estimate of drug-likeness (QED) is 0.0694. The molecule has 0 aliphatic carbocycles. The van der Waals surface area contributed by atoms with E-state index in [4.69, 9.17) is 0 Å². The van der Waals surface area contributed by atoms with Gasteiger partial charge in [-0.1, -0.05) is 229 Å². The highest BCUT2D eigenvalue weighted by atomic mass is 31.2. The molecule has 10 aromatic rings. The van der Waals surface area contributed by atoms with Crippen LogP contribution in [0.2, 0.25) is 0 Å². The van der Waals surface area contributed by atoms with Crippen LogP contribution in [0.5, 0.6) is 0 Å². The minimum atomic E-state index is -2.84. The van der Waals surface area contributed by atoms with Gasteiger partial charge >= 0.3 is 0 Å². The Bertz CT molecular complexity index is 3880. The highest BCUT2D eigenvalue weighted by Gasteiger charge is 2.35. The number of hydrogen-bond acceptors (Lipinski definition) is 4. The molecule has 0 aliphatic rings. The Balaban J connectivity index is 0.000000178. The largest absolute Gasteiger partial charge is 0.309 e. The van der Waals surface area contributed by atoms with E-state index in [0.29, 0.717) is 33.4 Å². The Kier molecular flexibility index (Phi) is 20.8. The first-order valence-corrected chi connectivity index (χ1v) is 33.2. The van der Waals surface area contributed by atoms with Crippen LogP contribution in [-0.2, 0) is 4.57 Å². The van der Waals surface area contributed by atoms with Crippen molar-refractivity contribution in [3.63, 3.8) is 0 Å². The van der Waals surface area contributed by atoms with Gasteiger partial charge in [0, 0.05) is 49.3 Å². The van der Waals surface area contributed by atoms with E-state index in [9.17, 15) is 18.9 Å². The SMILES string of the molecule is Cc1c(C)c(C)c(B(c2c(C)c(C)c(C)c(C)c2C)c2c(C)c(C)c(C)c(C)c2C)c(C)c1C.Cc1ccc(C(=O)c2cc(C(=O)c3ccc(C)cc3)cc(C(=O)c3ccc(C)cc3)c2)cc1.Cc1ccc(P(=O)(c2ccc(C)cc2)c2ccc(C)cc2)cc1. The van der Waals surface area contributed by atoms with Crippen LogP contribution in [-0.4, -0.2) is 24.1 Å². The van der Waals surface area contributed by atoms with Crippen molar-refractivity contribution in [1.82, 2.24) is 0 Å². The molecule has 0 N–H and O–H groups in total. The number of benzene rings is 10. The third kappa shape index (κ3) is 13.6. The molecule has 0 heterocycles. The molecule has 90 heavy (non-hydrogen) atoms. The number of ketones is 3. The highest BCUT2D eigenvalue weighted by molar-refractivity contribution is 7.85. The van der Waals surface area contributed by atoms with E-state index in [1.165, 1.54) is 117 Å². The molecule has 0 aliphatic heterocycles. The van der Waals surface area contributed by atoms with Crippen molar-refractivity contribution >= 4 is 63.5 Å². The lowest BCUT2D eigenvalue weighted by atomic mass is 9.32.